The Bertz CT molecular complexity index is 1910. The summed E-state index contributed by atoms with van der Waals surface area (Å²) in [4.78, 5) is 0. The van der Waals surface area contributed by atoms with Crippen LogP contribution in [0.3, 0.4) is 0 Å². The van der Waals surface area contributed by atoms with Crippen molar-refractivity contribution in [2.45, 2.75) is 153 Å². The predicted octanol–water partition coefficient (Wildman–Crippen LogP) is 17.2. The fourth-order valence-corrected chi connectivity index (χ4v) is 14.5. The number of unbranched alkanes of at least 4 members (excludes halogenated alkanes) is 10. The van der Waals surface area contributed by atoms with Crippen molar-refractivity contribution in [1.82, 2.24) is 0 Å². The fourth-order valence-electron chi connectivity index (χ4n) is 14.5. The molecule has 0 N–H and O–H groups in total. The molecule has 0 radical (unpaired) electrons. The van der Waals surface area contributed by atoms with Crippen molar-refractivity contribution < 1.29 is 0 Å². The molecular weight excluding hydrogens is 721 g/mol. The lowest BCUT2D eigenvalue weighted by Crippen LogP contribution is -2.34. The topological polar surface area (TPSA) is 0 Å². The Morgan fingerprint density at radius 3 is 1.03 bits per heavy atom. The molecule has 4 aliphatic carbocycles. The Morgan fingerprint density at radius 1 is 0.350 bits per heavy atom. The van der Waals surface area contributed by atoms with Crippen LogP contribution in [0, 0.1) is 35.5 Å². The molecule has 0 heteroatoms. The second-order valence-corrected chi connectivity index (χ2v) is 20.1. The van der Waals surface area contributed by atoms with E-state index >= 15 is 0 Å². The lowest BCUT2D eigenvalue weighted by atomic mass is 9.65. The zero-order valence-corrected chi connectivity index (χ0v) is 37.3. The molecule has 4 saturated carbocycles. The quantitative estimate of drug-likeness (QED) is 0.0689. The number of benzene rings is 5. The predicted molar refractivity (Wildman–Crippen MR) is 256 cm³/mol. The van der Waals surface area contributed by atoms with Crippen LogP contribution in [0.4, 0.5) is 0 Å². The molecule has 0 spiro atoms. The highest BCUT2D eigenvalue weighted by Crippen LogP contribution is 2.66. The van der Waals surface area contributed by atoms with Gasteiger partial charge in [-0.1, -0.05) is 237 Å². The standard InChI is InChI=1S/C60H74/c1-3-5-7-9-11-15-21-49-43-55-39-41-57(49)59(55,51-23-17-13-18-24-51)53-35-31-47(32-36-53)45-27-29-46(30-28-45)48-33-37-54(38-34-48)60(52-25-19-14-20-26-52)56-40-42-58(60)50(44-56)22-16-12-10-8-6-4-2/h13-14,17-20,23-38,49-50,55-58H,3-12,15-16,21-22,39-44H2,1-2H3/t49-,50+,55+,56-,57-,58+,59-,60+. The van der Waals surface area contributed by atoms with Crippen LogP contribution >= 0.6 is 0 Å². The molecule has 0 saturated heterocycles. The summed E-state index contributed by atoms with van der Waals surface area (Å²) in [5.74, 6) is 4.75. The van der Waals surface area contributed by atoms with Gasteiger partial charge in [-0.25, -0.2) is 0 Å². The molecule has 4 fully saturated rings. The zero-order valence-electron chi connectivity index (χ0n) is 37.3. The average molecular weight is 795 g/mol. The Kier molecular flexibility index (Phi) is 13.1. The molecule has 5 aromatic carbocycles. The molecule has 0 nitrogen and oxygen atoms in total. The van der Waals surface area contributed by atoms with Crippen LogP contribution < -0.4 is 0 Å². The maximum absolute atomic E-state index is 2.52. The molecule has 8 atom stereocenters. The van der Waals surface area contributed by atoms with E-state index in [0.29, 0.717) is 0 Å². The first-order valence-electron chi connectivity index (χ1n) is 25.1. The van der Waals surface area contributed by atoms with Crippen LogP contribution in [0.5, 0.6) is 0 Å². The number of rotatable bonds is 20. The monoisotopic (exact) mass is 795 g/mol. The van der Waals surface area contributed by atoms with Crippen molar-refractivity contribution >= 4 is 0 Å². The fraction of sp³-hybridized carbons (Fsp3) is 0.500. The Hall–Kier alpha value is -3.90. The normalized spacial score (nSPS) is 27.8. The zero-order chi connectivity index (χ0) is 40.8. The van der Waals surface area contributed by atoms with Gasteiger partial charge >= 0.3 is 0 Å². The van der Waals surface area contributed by atoms with Gasteiger partial charge < -0.3 is 0 Å². The second kappa shape index (κ2) is 19.0. The highest BCUT2D eigenvalue weighted by Gasteiger charge is 2.61. The van der Waals surface area contributed by atoms with Gasteiger partial charge in [-0.05, 0) is 119 Å². The van der Waals surface area contributed by atoms with Gasteiger partial charge in [0, 0.05) is 10.8 Å². The minimum Gasteiger partial charge on any atom is -0.0654 e. The van der Waals surface area contributed by atoms with Gasteiger partial charge in [-0.15, -0.1) is 0 Å². The van der Waals surface area contributed by atoms with Crippen molar-refractivity contribution in [3.05, 3.63) is 156 Å². The molecule has 0 aromatic heterocycles. The van der Waals surface area contributed by atoms with E-state index in [2.05, 4.69) is 147 Å². The average Bonchev–Trinajstić information content (AvgIpc) is 4.05. The van der Waals surface area contributed by atoms with Crippen molar-refractivity contribution in [3.8, 4) is 22.3 Å². The minimum atomic E-state index is 0.161. The first-order chi connectivity index (χ1) is 29.7. The first-order valence-corrected chi connectivity index (χ1v) is 25.1. The molecule has 4 aliphatic rings. The van der Waals surface area contributed by atoms with Crippen molar-refractivity contribution in [1.29, 1.82) is 0 Å². The van der Waals surface area contributed by atoms with Crippen molar-refractivity contribution in [2.24, 2.45) is 35.5 Å². The van der Waals surface area contributed by atoms with Gasteiger partial charge in [0.2, 0.25) is 0 Å². The van der Waals surface area contributed by atoms with Gasteiger partial charge in [-0.3, -0.25) is 0 Å². The summed E-state index contributed by atoms with van der Waals surface area (Å²) in [7, 11) is 0. The third kappa shape index (κ3) is 7.77. The second-order valence-electron chi connectivity index (χ2n) is 20.1. The molecule has 9 rings (SSSR count). The maximum atomic E-state index is 2.52. The largest absolute Gasteiger partial charge is 0.0654 e. The summed E-state index contributed by atoms with van der Waals surface area (Å²) in [6.45, 7) is 4.65. The van der Waals surface area contributed by atoms with Gasteiger partial charge in [0.25, 0.3) is 0 Å². The van der Waals surface area contributed by atoms with Crippen LogP contribution in [0.1, 0.15) is 165 Å². The summed E-state index contributed by atoms with van der Waals surface area (Å²) in [5.41, 5.74) is 11.9. The van der Waals surface area contributed by atoms with E-state index in [4.69, 9.17) is 0 Å². The van der Waals surface area contributed by atoms with E-state index in [-0.39, 0.29) is 10.8 Å². The molecule has 60 heavy (non-hydrogen) atoms. The summed E-state index contributed by atoms with van der Waals surface area (Å²) >= 11 is 0. The van der Waals surface area contributed by atoms with Crippen LogP contribution in [-0.2, 0) is 10.8 Å². The van der Waals surface area contributed by atoms with E-state index in [0.717, 1.165) is 35.5 Å². The lowest BCUT2D eigenvalue weighted by molar-refractivity contribution is 0.287. The Labute approximate surface area is 365 Å². The van der Waals surface area contributed by atoms with Crippen LogP contribution in [0.2, 0.25) is 0 Å². The third-order valence-corrected chi connectivity index (χ3v) is 17.1. The van der Waals surface area contributed by atoms with Crippen LogP contribution in [-0.4, -0.2) is 0 Å². The number of hydrogen-bond donors (Lipinski definition) is 0. The van der Waals surface area contributed by atoms with Gasteiger partial charge in [-0.2, -0.15) is 0 Å². The summed E-state index contributed by atoms with van der Waals surface area (Å²) < 4.78 is 0. The first kappa shape index (κ1) is 41.5. The van der Waals surface area contributed by atoms with Crippen LogP contribution in [0.25, 0.3) is 22.3 Å². The molecule has 0 amide bonds. The van der Waals surface area contributed by atoms with Crippen molar-refractivity contribution in [2.75, 3.05) is 0 Å². The molecule has 314 valence electrons. The lowest BCUT2D eigenvalue weighted by Gasteiger charge is -2.37. The van der Waals surface area contributed by atoms with E-state index in [9.17, 15) is 0 Å². The summed E-state index contributed by atoms with van der Waals surface area (Å²) in [5, 5.41) is 0. The summed E-state index contributed by atoms with van der Waals surface area (Å²) in [6.07, 6.45) is 28.0. The van der Waals surface area contributed by atoms with Gasteiger partial charge in [0.05, 0.1) is 0 Å². The third-order valence-electron chi connectivity index (χ3n) is 17.1. The van der Waals surface area contributed by atoms with E-state index in [1.807, 2.05) is 0 Å². The Balaban J connectivity index is 0.911. The molecule has 0 heterocycles. The smallest absolute Gasteiger partial charge is 0.0261 e. The molecule has 5 aromatic rings. The van der Waals surface area contributed by atoms with E-state index in [1.54, 1.807) is 22.3 Å². The Morgan fingerprint density at radius 2 is 0.667 bits per heavy atom. The molecular formula is C60H74. The number of fused-ring (bicyclic) bond motifs is 4. The maximum Gasteiger partial charge on any atom is 0.0261 e. The SMILES string of the molecule is CCCCCCCC[C@@H]1C[C@@H]2CC[C@H]1[C@]2(c1ccccc1)c1ccc(-c2ccc(-c3ccc([C@@]4(c5ccccc5)[C@@H]5CC[C@H]4[C@@H](CCCCCCCC)C5)cc3)cc2)cc1. The highest BCUT2D eigenvalue weighted by atomic mass is 14.6. The van der Waals surface area contributed by atoms with Gasteiger partial charge in [0.15, 0.2) is 0 Å². The summed E-state index contributed by atoms with van der Waals surface area (Å²) in [6, 6.07) is 52.6. The van der Waals surface area contributed by atoms with E-state index in [1.165, 1.54) is 151 Å². The minimum absolute atomic E-state index is 0.161. The van der Waals surface area contributed by atoms with Crippen LogP contribution in [0.15, 0.2) is 133 Å². The molecule has 0 aliphatic heterocycles. The highest BCUT2D eigenvalue weighted by molar-refractivity contribution is 5.71. The van der Waals surface area contributed by atoms with Gasteiger partial charge in [0.1, 0.15) is 0 Å². The van der Waals surface area contributed by atoms with E-state index < -0.39 is 0 Å². The molecule has 4 bridgehead atoms. The molecule has 0 unspecified atom stereocenters. The van der Waals surface area contributed by atoms with Crippen molar-refractivity contribution in [3.63, 3.8) is 0 Å². The number of hydrogen-bond acceptors (Lipinski definition) is 0.